The largest absolute Gasteiger partial charge is 0.467 e. The minimum atomic E-state index is -0.565. The zero-order chi connectivity index (χ0) is 23.4. The van der Waals surface area contributed by atoms with Crippen LogP contribution in [0.3, 0.4) is 0 Å². The lowest BCUT2D eigenvalue weighted by Gasteiger charge is -2.26. The number of nitrogens with zero attached hydrogens (tertiary/aromatic N) is 2. The number of urea groups is 1. The van der Waals surface area contributed by atoms with Gasteiger partial charge in [0.2, 0.25) is 0 Å². The number of carbonyl (C=O) groups excluding carboxylic acids is 2. The van der Waals surface area contributed by atoms with Crippen LogP contribution in [0, 0.1) is 19.8 Å². The van der Waals surface area contributed by atoms with Gasteiger partial charge in [-0.25, -0.2) is 9.59 Å². The van der Waals surface area contributed by atoms with Gasteiger partial charge in [0.15, 0.2) is 0 Å². The van der Waals surface area contributed by atoms with E-state index in [4.69, 9.17) is 15.5 Å². The molecule has 1 atom stereocenters. The van der Waals surface area contributed by atoms with E-state index in [2.05, 4.69) is 19.2 Å². The molecule has 3 rings (SSSR count). The molecular formula is C25H34N4O3. The fourth-order valence-corrected chi connectivity index (χ4v) is 4.34. The maximum Gasteiger partial charge on any atom is 0.328 e. The van der Waals surface area contributed by atoms with Crippen LogP contribution in [-0.4, -0.2) is 41.6 Å². The molecule has 32 heavy (non-hydrogen) atoms. The van der Waals surface area contributed by atoms with Crippen LogP contribution in [0.25, 0.3) is 11.1 Å². The molecule has 2 aromatic rings. The number of nitrogens with two attached hydrogens (primary N) is 1. The molecule has 1 unspecified atom stereocenters. The average Bonchev–Trinajstić information content (AvgIpc) is 3.25. The maximum atomic E-state index is 13.2. The van der Waals surface area contributed by atoms with Crippen LogP contribution in [0.4, 0.5) is 10.5 Å². The van der Waals surface area contributed by atoms with Crippen LogP contribution in [0.5, 0.6) is 0 Å². The van der Waals surface area contributed by atoms with Crippen LogP contribution in [0.15, 0.2) is 24.3 Å². The summed E-state index contributed by atoms with van der Waals surface area (Å²) in [6.45, 7) is 9.07. The molecule has 0 aliphatic carbocycles. The van der Waals surface area contributed by atoms with Crippen molar-refractivity contribution >= 4 is 17.7 Å². The fourth-order valence-electron chi connectivity index (χ4n) is 4.34. The van der Waals surface area contributed by atoms with E-state index in [9.17, 15) is 9.59 Å². The molecule has 7 nitrogen and oxygen atoms in total. The Morgan fingerprint density at radius 2 is 1.94 bits per heavy atom. The highest BCUT2D eigenvalue weighted by atomic mass is 16.5. The Labute approximate surface area is 190 Å². The molecule has 1 aliphatic heterocycles. The number of aryl methyl sites for hydroxylation is 2. The van der Waals surface area contributed by atoms with Crippen molar-refractivity contribution in [3.8, 4) is 11.1 Å². The predicted molar refractivity (Wildman–Crippen MR) is 126 cm³/mol. The van der Waals surface area contributed by atoms with E-state index in [0.717, 1.165) is 46.5 Å². The van der Waals surface area contributed by atoms with Gasteiger partial charge < -0.3 is 20.7 Å². The summed E-state index contributed by atoms with van der Waals surface area (Å²) in [5.74, 6) is 0.0325. The number of carbonyl (C=O) groups is 2. The van der Waals surface area contributed by atoms with Crippen LogP contribution in [-0.2, 0) is 22.5 Å². The van der Waals surface area contributed by atoms with Crippen molar-refractivity contribution in [2.45, 2.75) is 59.5 Å². The monoisotopic (exact) mass is 438 g/mol. The number of pyridine rings is 1. The number of esters is 1. The first-order valence-electron chi connectivity index (χ1n) is 11.2. The first-order valence-corrected chi connectivity index (χ1v) is 11.2. The van der Waals surface area contributed by atoms with Gasteiger partial charge >= 0.3 is 12.0 Å². The number of anilines is 1. The van der Waals surface area contributed by atoms with Gasteiger partial charge in [0.1, 0.15) is 6.04 Å². The summed E-state index contributed by atoms with van der Waals surface area (Å²) < 4.78 is 4.89. The molecule has 1 fully saturated rings. The summed E-state index contributed by atoms with van der Waals surface area (Å²) in [5, 5.41) is 3.06. The zero-order valence-electron chi connectivity index (χ0n) is 19.7. The number of likely N-dealkylation sites (tertiary alicyclic amines) is 1. The van der Waals surface area contributed by atoms with Crippen molar-refractivity contribution in [3.05, 3.63) is 46.8 Å². The molecule has 0 spiro atoms. The van der Waals surface area contributed by atoms with E-state index in [1.165, 1.54) is 7.11 Å². The van der Waals surface area contributed by atoms with Gasteiger partial charge in [0.25, 0.3) is 0 Å². The van der Waals surface area contributed by atoms with Gasteiger partial charge in [-0.05, 0) is 50.2 Å². The Balaban J connectivity index is 2.09. The second-order valence-electron chi connectivity index (χ2n) is 8.85. The lowest BCUT2D eigenvalue weighted by molar-refractivity contribution is -0.144. The quantitative estimate of drug-likeness (QED) is 0.659. The van der Waals surface area contributed by atoms with Gasteiger partial charge in [-0.3, -0.25) is 4.98 Å². The van der Waals surface area contributed by atoms with Gasteiger partial charge in [0.05, 0.1) is 18.5 Å². The highest BCUT2D eigenvalue weighted by Crippen LogP contribution is 2.36. The Bertz CT molecular complexity index is 986. The van der Waals surface area contributed by atoms with Crippen molar-refractivity contribution in [1.82, 2.24) is 9.88 Å². The molecule has 2 amide bonds. The summed E-state index contributed by atoms with van der Waals surface area (Å²) in [7, 11) is 1.35. The summed E-state index contributed by atoms with van der Waals surface area (Å²) in [6.07, 6.45) is 2.16. The molecule has 1 saturated heterocycles. The molecule has 2 heterocycles. The summed E-state index contributed by atoms with van der Waals surface area (Å²) in [6, 6.07) is 7.30. The van der Waals surface area contributed by atoms with Gasteiger partial charge in [-0.1, -0.05) is 43.7 Å². The fraction of sp³-hybridized carbons (Fsp3) is 0.480. The first-order chi connectivity index (χ1) is 15.3. The number of hydrogen-bond donors (Lipinski definition) is 2. The maximum absolute atomic E-state index is 13.2. The van der Waals surface area contributed by atoms with Gasteiger partial charge in [-0.2, -0.15) is 0 Å². The number of nitrogens with one attached hydrogen (secondary N) is 1. The number of amides is 2. The lowest BCUT2D eigenvalue weighted by atomic mass is 9.92. The highest BCUT2D eigenvalue weighted by Gasteiger charge is 2.35. The predicted octanol–water partition coefficient (Wildman–Crippen LogP) is 4.19. The van der Waals surface area contributed by atoms with E-state index in [1.54, 1.807) is 4.90 Å². The molecular weight excluding hydrogens is 404 g/mol. The van der Waals surface area contributed by atoms with Crippen molar-refractivity contribution in [1.29, 1.82) is 0 Å². The number of ether oxygens (including phenoxy) is 1. The SMILES string of the molecule is COC(=O)C1CCCN1C(=O)Nc1c(C)nc(CC(C)C)c(CN)c1-c1ccc(C)cc1. The number of benzene rings is 1. The Hall–Kier alpha value is -2.93. The molecule has 1 aromatic carbocycles. The van der Waals surface area contributed by atoms with E-state index in [1.807, 2.05) is 38.1 Å². The number of methoxy groups -OCH3 is 1. The molecule has 0 saturated carbocycles. The Morgan fingerprint density at radius 1 is 1.25 bits per heavy atom. The van der Waals surface area contributed by atoms with Crippen molar-refractivity contribution < 1.29 is 14.3 Å². The second kappa shape index (κ2) is 10.1. The van der Waals surface area contributed by atoms with E-state index in [-0.39, 0.29) is 12.0 Å². The second-order valence-corrected chi connectivity index (χ2v) is 8.85. The average molecular weight is 439 g/mol. The van der Waals surface area contributed by atoms with Gasteiger partial charge in [0, 0.05) is 24.3 Å². The minimum Gasteiger partial charge on any atom is -0.467 e. The first kappa shape index (κ1) is 23.7. The molecule has 1 aromatic heterocycles. The summed E-state index contributed by atoms with van der Waals surface area (Å²) in [4.78, 5) is 31.8. The van der Waals surface area contributed by atoms with E-state index in [0.29, 0.717) is 31.1 Å². The molecule has 172 valence electrons. The molecule has 0 radical (unpaired) electrons. The topological polar surface area (TPSA) is 97.5 Å². The normalized spacial score (nSPS) is 15.8. The smallest absolute Gasteiger partial charge is 0.328 e. The van der Waals surface area contributed by atoms with Crippen molar-refractivity contribution in [2.75, 3.05) is 19.0 Å². The molecule has 1 aliphatic rings. The van der Waals surface area contributed by atoms with E-state index >= 15 is 0 Å². The third kappa shape index (κ3) is 4.93. The van der Waals surface area contributed by atoms with Gasteiger partial charge in [-0.15, -0.1) is 0 Å². The Kier molecular flexibility index (Phi) is 7.51. The number of rotatable bonds is 6. The summed E-state index contributed by atoms with van der Waals surface area (Å²) in [5.41, 5.74) is 12.5. The van der Waals surface area contributed by atoms with Crippen molar-refractivity contribution in [2.24, 2.45) is 11.7 Å². The van der Waals surface area contributed by atoms with Crippen LogP contribution >= 0.6 is 0 Å². The van der Waals surface area contributed by atoms with E-state index < -0.39 is 6.04 Å². The number of hydrogen-bond acceptors (Lipinski definition) is 5. The van der Waals surface area contributed by atoms with Crippen LogP contribution in [0.2, 0.25) is 0 Å². The number of aromatic nitrogens is 1. The molecule has 7 heteroatoms. The minimum absolute atomic E-state index is 0.315. The molecule has 0 bridgehead atoms. The lowest BCUT2D eigenvalue weighted by Crippen LogP contribution is -2.43. The molecule has 3 N–H and O–H groups in total. The standard InChI is InChI=1S/C25H34N4O3/c1-15(2)13-20-19(14-26)22(18-10-8-16(3)9-11-18)23(17(4)27-20)28-25(31)29-12-6-7-21(29)24(30)32-5/h8-11,15,21H,6-7,12-14,26H2,1-5H3,(H,28,31). The zero-order valence-corrected chi connectivity index (χ0v) is 19.7. The summed E-state index contributed by atoms with van der Waals surface area (Å²) >= 11 is 0. The van der Waals surface area contributed by atoms with Crippen molar-refractivity contribution in [3.63, 3.8) is 0 Å². The van der Waals surface area contributed by atoms with Crippen LogP contribution < -0.4 is 11.1 Å². The third-order valence-electron chi connectivity index (χ3n) is 5.93. The third-order valence-corrected chi connectivity index (χ3v) is 5.93. The van der Waals surface area contributed by atoms with Crippen LogP contribution in [0.1, 0.15) is 49.2 Å². The highest BCUT2D eigenvalue weighted by molar-refractivity contribution is 5.98. The Morgan fingerprint density at radius 3 is 2.53 bits per heavy atom.